The number of amides is 2. The number of nitriles is 1. The highest BCUT2D eigenvalue weighted by atomic mass is 16.5. The van der Waals surface area contributed by atoms with Gasteiger partial charge in [-0.25, -0.2) is 9.79 Å². The molecule has 2 fully saturated rings. The Morgan fingerprint density at radius 1 is 1.22 bits per heavy atom. The third-order valence-electron chi connectivity index (χ3n) is 5.81. The van der Waals surface area contributed by atoms with Crippen LogP contribution >= 0.6 is 0 Å². The first-order valence-corrected chi connectivity index (χ1v) is 11.2. The zero-order valence-corrected chi connectivity index (χ0v) is 19.7. The number of ether oxygens (including phenoxy) is 2. The Balaban J connectivity index is 1.94. The lowest BCUT2D eigenvalue weighted by Gasteiger charge is -2.32. The van der Waals surface area contributed by atoms with E-state index in [4.69, 9.17) is 9.47 Å². The largest absolute Gasteiger partial charge is 0.448 e. The molecular formula is C21H37N7O4. The highest BCUT2D eigenvalue weighted by Crippen LogP contribution is 2.09. The number of hydrogen-bond acceptors (Lipinski definition) is 8. The molecule has 0 aromatic carbocycles. The van der Waals surface area contributed by atoms with E-state index < -0.39 is 17.7 Å². The van der Waals surface area contributed by atoms with Gasteiger partial charge >= 0.3 is 6.09 Å². The number of hydrogen-bond donors (Lipinski definition) is 2. The van der Waals surface area contributed by atoms with Gasteiger partial charge in [0.25, 0.3) is 0 Å². The van der Waals surface area contributed by atoms with Crippen LogP contribution in [0.4, 0.5) is 4.79 Å². The van der Waals surface area contributed by atoms with Crippen LogP contribution in [0.25, 0.3) is 0 Å². The van der Waals surface area contributed by atoms with E-state index in [-0.39, 0.29) is 18.5 Å². The molecule has 0 saturated carbocycles. The van der Waals surface area contributed by atoms with Gasteiger partial charge in [-0.3, -0.25) is 15.0 Å². The van der Waals surface area contributed by atoms with Crippen LogP contribution in [-0.2, 0) is 14.3 Å². The minimum atomic E-state index is -0.963. The van der Waals surface area contributed by atoms with Crippen molar-refractivity contribution in [1.82, 2.24) is 25.3 Å². The number of aliphatic imine (C=N–C) groups is 1. The number of likely N-dealkylation sites (N-methyl/N-ethyl adjacent to an activating group) is 1. The minimum absolute atomic E-state index is 0.274. The van der Waals surface area contributed by atoms with E-state index >= 15 is 0 Å². The number of guanidine groups is 1. The lowest BCUT2D eigenvalue weighted by Crippen LogP contribution is -2.52. The summed E-state index contributed by atoms with van der Waals surface area (Å²) in [5, 5.41) is 14.7. The zero-order chi connectivity index (χ0) is 23.6. The molecule has 0 aliphatic carbocycles. The van der Waals surface area contributed by atoms with Crippen molar-refractivity contribution in [2.75, 3.05) is 72.7 Å². The zero-order valence-electron chi connectivity index (χ0n) is 19.7. The Kier molecular flexibility index (Phi) is 10.2. The Hall–Kier alpha value is -2.42. The van der Waals surface area contributed by atoms with Crippen LogP contribution in [-0.4, -0.2) is 117 Å². The summed E-state index contributed by atoms with van der Waals surface area (Å²) in [6.45, 7) is 12.1. The van der Waals surface area contributed by atoms with Crippen LogP contribution in [0.1, 0.15) is 27.2 Å². The summed E-state index contributed by atoms with van der Waals surface area (Å²) in [6, 6.07) is 1.32. The maximum atomic E-state index is 12.6. The molecule has 2 aliphatic heterocycles. The fourth-order valence-corrected chi connectivity index (χ4v) is 3.25. The van der Waals surface area contributed by atoms with Gasteiger partial charge in [0.05, 0.1) is 19.3 Å². The standard InChI is InChI=1S/C21H37N7O4/c1-5-21(3,16-22)25-18(29)17(2)23-19(28-11-13-31-14-12-28)24-20(30)32-15-10-27-8-6-26(4)7-9-27/h17H,5-15H2,1-4H3,(H,25,29)(H,23,24,30)/t17-,21?/m0/s1. The predicted octanol–water partition coefficient (Wildman–Crippen LogP) is -0.155. The van der Waals surface area contributed by atoms with Crippen molar-refractivity contribution in [3.8, 4) is 6.07 Å². The molecule has 2 atom stereocenters. The molecule has 2 N–H and O–H groups in total. The Morgan fingerprint density at radius 3 is 2.47 bits per heavy atom. The van der Waals surface area contributed by atoms with Gasteiger partial charge in [0.1, 0.15) is 18.2 Å². The number of nitrogens with zero attached hydrogens (tertiary/aromatic N) is 5. The van der Waals surface area contributed by atoms with Gasteiger partial charge in [-0.05, 0) is 27.3 Å². The molecular weight excluding hydrogens is 414 g/mol. The number of nitrogens with one attached hydrogen (secondary N) is 2. The number of piperazine rings is 1. The van der Waals surface area contributed by atoms with Crippen LogP contribution in [0.5, 0.6) is 0 Å². The molecule has 2 rings (SSSR count). The van der Waals surface area contributed by atoms with Crippen LogP contribution in [0, 0.1) is 11.3 Å². The Bertz CT molecular complexity index is 697. The van der Waals surface area contributed by atoms with Crippen LogP contribution in [0.3, 0.4) is 0 Å². The third-order valence-corrected chi connectivity index (χ3v) is 5.81. The minimum Gasteiger partial charge on any atom is -0.448 e. The molecule has 0 aromatic heterocycles. The molecule has 11 heteroatoms. The molecule has 0 spiro atoms. The van der Waals surface area contributed by atoms with E-state index in [0.29, 0.717) is 39.3 Å². The smallest absolute Gasteiger partial charge is 0.414 e. The molecule has 11 nitrogen and oxygen atoms in total. The van der Waals surface area contributed by atoms with Crippen molar-refractivity contribution in [3.05, 3.63) is 0 Å². The van der Waals surface area contributed by atoms with Gasteiger partial charge in [0.2, 0.25) is 11.9 Å². The van der Waals surface area contributed by atoms with E-state index in [1.165, 1.54) is 0 Å². The second-order valence-corrected chi connectivity index (χ2v) is 8.42. The molecule has 2 amide bonds. The summed E-state index contributed by atoms with van der Waals surface area (Å²) in [7, 11) is 2.10. The van der Waals surface area contributed by atoms with Gasteiger partial charge < -0.3 is 24.6 Å². The number of carbonyl (C=O) groups excluding carboxylic acids is 2. The van der Waals surface area contributed by atoms with Crippen molar-refractivity contribution in [1.29, 1.82) is 5.26 Å². The molecule has 0 aromatic rings. The maximum absolute atomic E-state index is 12.6. The first-order chi connectivity index (χ1) is 15.3. The van der Waals surface area contributed by atoms with Crippen molar-refractivity contribution in [3.63, 3.8) is 0 Å². The van der Waals surface area contributed by atoms with Gasteiger partial charge in [-0.1, -0.05) is 6.92 Å². The third kappa shape index (κ3) is 8.26. The summed E-state index contributed by atoms with van der Waals surface area (Å²) in [5.74, 6) is -0.109. The first-order valence-electron chi connectivity index (χ1n) is 11.2. The monoisotopic (exact) mass is 451 g/mol. The van der Waals surface area contributed by atoms with Gasteiger partial charge in [0, 0.05) is 45.8 Å². The molecule has 180 valence electrons. The van der Waals surface area contributed by atoms with Crippen molar-refractivity contribution >= 4 is 18.0 Å². The Labute approximate surface area is 190 Å². The normalized spacial score (nSPS) is 21.2. The van der Waals surface area contributed by atoms with E-state index in [1.807, 2.05) is 11.8 Å². The second-order valence-electron chi connectivity index (χ2n) is 8.42. The molecule has 2 heterocycles. The van der Waals surface area contributed by atoms with Crippen LogP contribution in [0.2, 0.25) is 0 Å². The summed E-state index contributed by atoms with van der Waals surface area (Å²) in [5.41, 5.74) is -0.963. The molecule has 0 radical (unpaired) electrons. The lowest BCUT2D eigenvalue weighted by molar-refractivity contribution is -0.123. The van der Waals surface area contributed by atoms with Crippen molar-refractivity contribution in [2.24, 2.45) is 4.99 Å². The summed E-state index contributed by atoms with van der Waals surface area (Å²) < 4.78 is 10.7. The summed E-state index contributed by atoms with van der Waals surface area (Å²) in [4.78, 5) is 35.8. The second kappa shape index (κ2) is 12.6. The number of morpholine rings is 1. The average Bonchev–Trinajstić information content (AvgIpc) is 2.80. The molecule has 0 bridgehead atoms. The molecule has 2 aliphatic rings. The summed E-state index contributed by atoms with van der Waals surface area (Å²) in [6.07, 6.45) is -0.132. The fourth-order valence-electron chi connectivity index (χ4n) is 3.25. The van der Waals surface area contributed by atoms with E-state index in [2.05, 4.69) is 38.5 Å². The molecule has 1 unspecified atom stereocenters. The fraction of sp³-hybridized carbons (Fsp3) is 0.810. The van der Waals surface area contributed by atoms with Crippen molar-refractivity contribution < 1.29 is 19.1 Å². The van der Waals surface area contributed by atoms with Crippen LogP contribution in [0.15, 0.2) is 4.99 Å². The topological polar surface area (TPSA) is 123 Å². The highest BCUT2D eigenvalue weighted by molar-refractivity contribution is 5.95. The SMILES string of the molecule is CCC(C)(C#N)NC(=O)[C@H](C)N=C(NC(=O)OCCN1CCN(C)CC1)N1CCOCC1. The van der Waals surface area contributed by atoms with Gasteiger partial charge in [-0.2, -0.15) is 5.26 Å². The van der Waals surface area contributed by atoms with E-state index in [9.17, 15) is 14.9 Å². The summed E-state index contributed by atoms with van der Waals surface area (Å²) >= 11 is 0. The van der Waals surface area contributed by atoms with Gasteiger partial charge in [-0.15, -0.1) is 0 Å². The molecule has 2 saturated heterocycles. The maximum Gasteiger partial charge on any atom is 0.414 e. The van der Waals surface area contributed by atoms with E-state index in [1.54, 1.807) is 13.8 Å². The highest BCUT2D eigenvalue weighted by Gasteiger charge is 2.27. The van der Waals surface area contributed by atoms with Crippen molar-refractivity contribution in [2.45, 2.75) is 38.8 Å². The van der Waals surface area contributed by atoms with Gasteiger partial charge in [0.15, 0.2) is 0 Å². The lowest BCUT2D eigenvalue weighted by atomic mass is 10.0. The number of carbonyl (C=O) groups is 2. The average molecular weight is 452 g/mol. The molecule has 32 heavy (non-hydrogen) atoms. The van der Waals surface area contributed by atoms with Crippen LogP contribution < -0.4 is 10.6 Å². The quantitative estimate of drug-likeness (QED) is 0.405. The van der Waals surface area contributed by atoms with E-state index in [0.717, 1.165) is 26.2 Å². The first kappa shape index (κ1) is 25.8. The number of rotatable bonds is 7. The predicted molar refractivity (Wildman–Crippen MR) is 120 cm³/mol. The number of alkyl carbamates (subject to hydrolysis) is 1. The Morgan fingerprint density at radius 2 is 1.88 bits per heavy atom.